The minimum atomic E-state index is -3.58. The molecule has 1 aromatic rings. The second kappa shape index (κ2) is 8.93. The highest BCUT2D eigenvalue weighted by atomic mass is 32.2. The second-order valence-electron chi connectivity index (χ2n) is 6.34. The molecule has 25 heavy (non-hydrogen) atoms. The fraction of sp³-hybridized carbons (Fsp3) is 0.500. The number of anilines is 1. The van der Waals surface area contributed by atoms with Gasteiger partial charge in [0.25, 0.3) is 0 Å². The van der Waals surface area contributed by atoms with Crippen molar-refractivity contribution in [2.24, 2.45) is 11.7 Å². The normalized spacial score (nSPS) is 12.9. The first-order valence-corrected chi connectivity index (χ1v) is 9.46. The Morgan fingerprint density at radius 3 is 2.12 bits per heavy atom. The molecule has 1 aromatic carbocycles. The second-order valence-corrected chi connectivity index (χ2v) is 8.05. The average Bonchev–Trinajstić information content (AvgIpc) is 2.51. The highest BCUT2D eigenvalue weighted by Crippen LogP contribution is 2.14. The molecule has 0 fully saturated rings. The van der Waals surface area contributed by atoms with Crippen LogP contribution in [0, 0.1) is 5.92 Å². The van der Waals surface area contributed by atoms with Crippen LogP contribution in [0.3, 0.4) is 0 Å². The summed E-state index contributed by atoms with van der Waals surface area (Å²) in [5, 5.41) is 5.03. The maximum atomic E-state index is 12.0. The van der Waals surface area contributed by atoms with Gasteiger partial charge in [-0.1, -0.05) is 13.8 Å². The number of carbonyl (C=O) groups is 2. The molecule has 1 atom stereocenters. The van der Waals surface area contributed by atoms with Crippen molar-refractivity contribution in [2.45, 2.75) is 44.7 Å². The van der Waals surface area contributed by atoms with Crippen molar-refractivity contribution >= 4 is 27.5 Å². The fourth-order valence-corrected chi connectivity index (χ4v) is 3.14. The first-order valence-electron chi connectivity index (χ1n) is 7.98. The molecule has 0 unspecified atom stereocenters. The lowest BCUT2D eigenvalue weighted by Gasteiger charge is -2.15. The van der Waals surface area contributed by atoms with Crippen LogP contribution in [0.4, 0.5) is 5.69 Å². The quantitative estimate of drug-likeness (QED) is 0.526. The molecule has 0 spiro atoms. The lowest BCUT2D eigenvalue weighted by molar-refractivity contribution is -0.125. The molecule has 0 aliphatic rings. The number of amides is 2. The molecular formula is C16H26N4O4S. The van der Waals surface area contributed by atoms with Crippen molar-refractivity contribution in [1.82, 2.24) is 10.0 Å². The van der Waals surface area contributed by atoms with Crippen molar-refractivity contribution in [3.63, 3.8) is 0 Å². The molecule has 0 aliphatic heterocycles. The van der Waals surface area contributed by atoms with Crippen LogP contribution in [0.5, 0.6) is 0 Å². The Hall–Kier alpha value is -1.97. The molecule has 0 radical (unpaired) electrons. The molecule has 9 heteroatoms. The van der Waals surface area contributed by atoms with E-state index in [9.17, 15) is 18.0 Å². The molecule has 0 aromatic heterocycles. The van der Waals surface area contributed by atoms with Crippen LogP contribution < -0.4 is 21.1 Å². The van der Waals surface area contributed by atoms with Gasteiger partial charge in [-0.2, -0.15) is 0 Å². The molecular weight excluding hydrogens is 344 g/mol. The van der Waals surface area contributed by atoms with E-state index < -0.39 is 27.9 Å². The standard InChI is InChI=1S/C16H26N4O4S/c1-10(2)15(17)16(22)18-9-14(21)19-12-5-7-13(8-6-12)25(23,24)20-11(3)4/h5-8,10-11,15,20H,9,17H2,1-4H3,(H,18,22)(H,19,21)/t15-/m0/s1. The Bertz CT molecular complexity index is 699. The van der Waals surface area contributed by atoms with E-state index in [-0.39, 0.29) is 23.4 Å². The maximum absolute atomic E-state index is 12.0. The Balaban J connectivity index is 2.61. The van der Waals surface area contributed by atoms with E-state index in [4.69, 9.17) is 5.73 Å². The van der Waals surface area contributed by atoms with Gasteiger partial charge in [0, 0.05) is 11.7 Å². The summed E-state index contributed by atoms with van der Waals surface area (Å²) in [5.74, 6) is -0.858. The monoisotopic (exact) mass is 370 g/mol. The van der Waals surface area contributed by atoms with E-state index in [1.54, 1.807) is 13.8 Å². The summed E-state index contributed by atoms with van der Waals surface area (Å²) >= 11 is 0. The molecule has 0 bridgehead atoms. The molecule has 0 heterocycles. The van der Waals surface area contributed by atoms with Crippen LogP contribution in [0.1, 0.15) is 27.7 Å². The summed E-state index contributed by atoms with van der Waals surface area (Å²) in [4.78, 5) is 23.6. The Morgan fingerprint density at radius 1 is 1.08 bits per heavy atom. The van der Waals surface area contributed by atoms with Gasteiger partial charge < -0.3 is 16.4 Å². The number of benzene rings is 1. The Kier molecular flexibility index (Phi) is 7.53. The molecule has 1 rings (SSSR count). The third kappa shape index (κ3) is 6.81. The average molecular weight is 370 g/mol. The highest BCUT2D eigenvalue weighted by molar-refractivity contribution is 7.89. The summed E-state index contributed by atoms with van der Waals surface area (Å²) in [7, 11) is -3.58. The van der Waals surface area contributed by atoms with E-state index in [0.717, 1.165) is 0 Å². The predicted octanol–water partition coefficient (Wildman–Crippen LogP) is 0.411. The van der Waals surface area contributed by atoms with E-state index in [1.807, 2.05) is 13.8 Å². The minimum Gasteiger partial charge on any atom is -0.346 e. The van der Waals surface area contributed by atoms with E-state index in [1.165, 1.54) is 24.3 Å². The SMILES string of the molecule is CC(C)NS(=O)(=O)c1ccc(NC(=O)CNC(=O)[C@@H](N)C(C)C)cc1. The van der Waals surface area contributed by atoms with E-state index in [0.29, 0.717) is 5.69 Å². The van der Waals surface area contributed by atoms with Gasteiger partial charge in [0.05, 0.1) is 17.5 Å². The topological polar surface area (TPSA) is 130 Å². The summed E-state index contributed by atoms with van der Waals surface area (Å²) in [6.45, 7) is 6.87. The van der Waals surface area contributed by atoms with Crippen LogP contribution in [0.15, 0.2) is 29.2 Å². The molecule has 2 amide bonds. The van der Waals surface area contributed by atoms with Gasteiger partial charge >= 0.3 is 0 Å². The molecule has 0 saturated carbocycles. The van der Waals surface area contributed by atoms with Gasteiger partial charge in [0.1, 0.15) is 0 Å². The molecule has 5 N–H and O–H groups in total. The van der Waals surface area contributed by atoms with Crippen molar-refractivity contribution in [1.29, 1.82) is 0 Å². The van der Waals surface area contributed by atoms with E-state index in [2.05, 4.69) is 15.4 Å². The lowest BCUT2D eigenvalue weighted by Crippen LogP contribution is -2.46. The molecule has 140 valence electrons. The third-order valence-electron chi connectivity index (χ3n) is 3.28. The minimum absolute atomic E-state index is 0.0306. The number of nitrogens with one attached hydrogen (secondary N) is 3. The maximum Gasteiger partial charge on any atom is 0.243 e. The summed E-state index contributed by atoms with van der Waals surface area (Å²) in [6, 6.07) is 4.86. The zero-order chi connectivity index (χ0) is 19.2. The fourth-order valence-electron chi connectivity index (χ4n) is 1.89. The smallest absolute Gasteiger partial charge is 0.243 e. The lowest BCUT2D eigenvalue weighted by atomic mass is 10.1. The Morgan fingerprint density at radius 2 is 1.64 bits per heavy atom. The highest BCUT2D eigenvalue weighted by Gasteiger charge is 2.18. The molecule has 0 saturated heterocycles. The number of hydrogen-bond donors (Lipinski definition) is 4. The van der Waals surface area contributed by atoms with E-state index >= 15 is 0 Å². The van der Waals surface area contributed by atoms with Crippen LogP contribution >= 0.6 is 0 Å². The number of hydrogen-bond acceptors (Lipinski definition) is 5. The summed E-state index contributed by atoms with van der Waals surface area (Å²) in [6.07, 6.45) is 0. The third-order valence-corrected chi connectivity index (χ3v) is 4.96. The van der Waals surface area contributed by atoms with Gasteiger partial charge in [0.2, 0.25) is 21.8 Å². The van der Waals surface area contributed by atoms with Crippen LogP contribution in [0.2, 0.25) is 0 Å². The summed E-state index contributed by atoms with van der Waals surface area (Å²) < 4.78 is 26.5. The van der Waals surface area contributed by atoms with Gasteiger partial charge in [-0.05, 0) is 44.0 Å². The van der Waals surface area contributed by atoms with Crippen molar-refractivity contribution in [3.05, 3.63) is 24.3 Å². The first kappa shape index (κ1) is 21.1. The molecule has 8 nitrogen and oxygen atoms in total. The van der Waals surface area contributed by atoms with Crippen LogP contribution in [-0.2, 0) is 19.6 Å². The Labute approximate surface area is 148 Å². The summed E-state index contributed by atoms with van der Waals surface area (Å²) in [5.41, 5.74) is 6.11. The van der Waals surface area contributed by atoms with Crippen molar-refractivity contribution in [2.75, 3.05) is 11.9 Å². The number of nitrogens with two attached hydrogens (primary N) is 1. The number of rotatable bonds is 8. The van der Waals surface area contributed by atoms with Crippen LogP contribution in [0.25, 0.3) is 0 Å². The predicted molar refractivity (Wildman–Crippen MR) is 96.4 cm³/mol. The zero-order valence-corrected chi connectivity index (χ0v) is 15.7. The number of carbonyl (C=O) groups excluding carboxylic acids is 2. The van der Waals surface area contributed by atoms with Crippen molar-refractivity contribution in [3.8, 4) is 0 Å². The van der Waals surface area contributed by atoms with Crippen molar-refractivity contribution < 1.29 is 18.0 Å². The van der Waals surface area contributed by atoms with Gasteiger partial charge in [-0.3, -0.25) is 9.59 Å². The van der Waals surface area contributed by atoms with Crippen LogP contribution in [-0.4, -0.2) is 38.9 Å². The molecule has 0 aliphatic carbocycles. The number of sulfonamides is 1. The zero-order valence-electron chi connectivity index (χ0n) is 14.9. The largest absolute Gasteiger partial charge is 0.346 e. The van der Waals surface area contributed by atoms with Gasteiger partial charge in [-0.25, -0.2) is 13.1 Å². The van der Waals surface area contributed by atoms with Gasteiger partial charge in [-0.15, -0.1) is 0 Å². The first-order chi connectivity index (χ1) is 11.5. The van der Waals surface area contributed by atoms with Gasteiger partial charge in [0.15, 0.2) is 0 Å².